The summed E-state index contributed by atoms with van der Waals surface area (Å²) in [5.74, 6) is -0.289. The van der Waals surface area contributed by atoms with E-state index in [1.807, 2.05) is 69.8 Å². The van der Waals surface area contributed by atoms with Gasteiger partial charge in [0.2, 0.25) is 0 Å². The predicted molar refractivity (Wildman–Crippen MR) is 294 cm³/mol. The molecule has 0 amide bonds. The van der Waals surface area contributed by atoms with E-state index in [2.05, 4.69) is 90.1 Å². The fourth-order valence-corrected chi connectivity index (χ4v) is 11.5. The second-order valence-corrected chi connectivity index (χ2v) is 19.8. The Morgan fingerprint density at radius 1 is 0.329 bits per heavy atom. The summed E-state index contributed by atoms with van der Waals surface area (Å²) in [5.41, 5.74) is 12.6. The van der Waals surface area contributed by atoms with Crippen LogP contribution >= 0.6 is 0 Å². The Balaban J connectivity index is 1.17. The van der Waals surface area contributed by atoms with Crippen molar-refractivity contribution >= 4 is 43.6 Å². The van der Waals surface area contributed by atoms with Gasteiger partial charge in [0.05, 0.1) is 44.6 Å². The number of aryl methyl sites for hydroxylation is 6. The number of rotatable bonds is 7. The first kappa shape index (κ1) is 48.1. The number of halogens is 6. The van der Waals surface area contributed by atoms with Crippen LogP contribution in [0.25, 0.3) is 111 Å². The predicted octanol–water partition coefficient (Wildman–Crippen LogP) is 18.3. The van der Waals surface area contributed by atoms with Gasteiger partial charge in [-0.25, -0.2) is 15.0 Å². The molecule has 374 valence electrons. The third-order valence-electron chi connectivity index (χ3n) is 14.6. The van der Waals surface area contributed by atoms with Gasteiger partial charge in [-0.15, -0.1) is 0 Å². The zero-order valence-corrected chi connectivity index (χ0v) is 42.2. The van der Waals surface area contributed by atoms with Crippen LogP contribution in [0.1, 0.15) is 44.5 Å². The molecule has 0 N–H and O–H groups in total. The molecule has 12 rings (SSSR count). The molecular weight excluding hydrogens is 965 g/mol. The zero-order valence-electron chi connectivity index (χ0n) is 42.2. The molecular formula is C65H47F6N5. The van der Waals surface area contributed by atoms with Gasteiger partial charge in [-0.05, 0) is 147 Å². The number of fused-ring (bicyclic) bond motifs is 6. The van der Waals surface area contributed by atoms with Gasteiger partial charge in [-0.3, -0.25) is 0 Å². The van der Waals surface area contributed by atoms with E-state index in [0.717, 1.165) is 112 Å². The largest absolute Gasteiger partial charge is 0.416 e. The molecule has 0 radical (unpaired) electrons. The van der Waals surface area contributed by atoms with Crippen molar-refractivity contribution in [2.24, 2.45) is 0 Å². The lowest BCUT2D eigenvalue weighted by Gasteiger charge is -2.19. The molecule has 11 heteroatoms. The van der Waals surface area contributed by atoms with Crippen molar-refractivity contribution in [3.63, 3.8) is 0 Å². The molecule has 0 saturated carbocycles. The summed E-state index contributed by atoms with van der Waals surface area (Å²) in [4.78, 5) is 14.9. The van der Waals surface area contributed by atoms with Crippen molar-refractivity contribution in [3.05, 3.63) is 220 Å². The molecule has 0 fully saturated rings. The Morgan fingerprint density at radius 2 is 0.697 bits per heavy atom. The lowest BCUT2D eigenvalue weighted by molar-refractivity contribution is -0.138. The first-order valence-electron chi connectivity index (χ1n) is 24.9. The van der Waals surface area contributed by atoms with Gasteiger partial charge >= 0.3 is 12.4 Å². The van der Waals surface area contributed by atoms with E-state index in [9.17, 15) is 0 Å². The summed E-state index contributed by atoms with van der Waals surface area (Å²) in [5, 5.41) is 3.46. The van der Waals surface area contributed by atoms with E-state index in [1.54, 1.807) is 30.3 Å². The molecule has 0 aliphatic heterocycles. The highest BCUT2D eigenvalue weighted by Gasteiger charge is 2.34. The third kappa shape index (κ3) is 8.18. The number of nitrogens with zero attached hydrogens (tertiary/aromatic N) is 5. The summed E-state index contributed by atoms with van der Waals surface area (Å²) >= 11 is 0. The highest BCUT2D eigenvalue weighted by Crippen LogP contribution is 2.44. The van der Waals surface area contributed by atoms with Crippen LogP contribution in [-0.4, -0.2) is 24.1 Å². The van der Waals surface area contributed by atoms with Gasteiger partial charge in [0.1, 0.15) is 0 Å². The Morgan fingerprint density at radius 3 is 1.11 bits per heavy atom. The monoisotopic (exact) mass is 1010 g/mol. The summed E-state index contributed by atoms with van der Waals surface area (Å²) in [7, 11) is 0. The van der Waals surface area contributed by atoms with Crippen LogP contribution in [0.4, 0.5) is 26.3 Å². The van der Waals surface area contributed by atoms with Crippen LogP contribution < -0.4 is 0 Å². The summed E-state index contributed by atoms with van der Waals surface area (Å²) in [6.07, 6.45) is -9.59. The second-order valence-electron chi connectivity index (χ2n) is 19.8. The van der Waals surface area contributed by atoms with Gasteiger partial charge in [-0.1, -0.05) is 126 Å². The third-order valence-corrected chi connectivity index (χ3v) is 14.6. The molecule has 0 saturated heterocycles. The van der Waals surface area contributed by atoms with Gasteiger partial charge < -0.3 is 9.13 Å². The van der Waals surface area contributed by atoms with Crippen LogP contribution in [0.2, 0.25) is 0 Å². The number of benzene rings is 9. The highest BCUT2D eigenvalue weighted by molar-refractivity contribution is 6.12. The zero-order chi connectivity index (χ0) is 52.9. The standard InChI is InChI=1S/C65H47F6N5/c1-36-28-38(3)59(39(4)29-36)43-20-24-49-47-16-10-12-18-53(47)75(57(49)32-43)55-26-22-45(64(66,67)68)34-51(55)62-72-61(42-14-8-7-9-15-42)73-63(74-62)52-35-46(65(69,70)71)23-27-56(52)76-54-19-13-11-17-48(54)50-25-21-44(33-58(50)76)60-40(5)30-37(2)31-41(60)6/h7-35H,1-6H3. The van der Waals surface area contributed by atoms with Crippen LogP contribution in [0.3, 0.4) is 0 Å². The van der Waals surface area contributed by atoms with E-state index in [-0.39, 0.29) is 28.6 Å². The summed E-state index contributed by atoms with van der Waals surface area (Å²) < 4.78 is 94.7. The van der Waals surface area contributed by atoms with Gasteiger partial charge in [-0.2, -0.15) is 26.3 Å². The number of aromatic nitrogens is 5. The van der Waals surface area contributed by atoms with Crippen molar-refractivity contribution in [3.8, 4) is 67.8 Å². The molecule has 0 aliphatic carbocycles. The van der Waals surface area contributed by atoms with E-state index in [1.165, 1.54) is 12.1 Å². The fraction of sp³-hybridized carbons (Fsp3) is 0.123. The fourth-order valence-electron chi connectivity index (χ4n) is 11.5. The molecule has 12 aromatic rings. The molecule has 5 nitrogen and oxygen atoms in total. The lowest BCUT2D eigenvalue weighted by atomic mass is 9.93. The maximum Gasteiger partial charge on any atom is 0.416 e. The molecule has 0 aliphatic rings. The van der Waals surface area contributed by atoms with Gasteiger partial charge in [0.25, 0.3) is 0 Å². The molecule has 76 heavy (non-hydrogen) atoms. The molecule has 0 bridgehead atoms. The van der Waals surface area contributed by atoms with Crippen molar-refractivity contribution < 1.29 is 26.3 Å². The molecule has 0 unspecified atom stereocenters. The second kappa shape index (κ2) is 17.9. The smallest absolute Gasteiger partial charge is 0.308 e. The summed E-state index contributed by atoms with van der Waals surface area (Å²) in [6, 6.07) is 52.0. The lowest BCUT2D eigenvalue weighted by Crippen LogP contribution is -2.10. The molecule has 3 heterocycles. The Hall–Kier alpha value is -8.83. The highest BCUT2D eigenvalue weighted by atomic mass is 19.4. The first-order chi connectivity index (χ1) is 36.4. The average molecular weight is 1010 g/mol. The number of alkyl halides is 6. The van der Waals surface area contributed by atoms with Gasteiger partial charge in [0, 0.05) is 38.2 Å². The van der Waals surface area contributed by atoms with Crippen LogP contribution in [-0.2, 0) is 12.4 Å². The van der Waals surface area contributed by atoms with E-state index in [4.69, 9.17) is 15.0 Å². The van der Waals surface area contributed by atoms with Crippen molar-refractivity contribution in [1.29, 1.82) is 0 Å². The maximum atomic E-state index is 15.1. The van der Waals surface area contributed by atoms with Crippen molar-refractivity contribution in [1.82, 2.24) is 24.1 Å². The number of hydrogen-bond acceptors (Lipinski definition) is 3. The van der Waals surface area contributed by atoms with Crippen molar-refractivity contribution in [2.45, 2.75) is 53.9 Å². The van der Waals surface area contributed by atoms with Crippen LogP contribution in [0, 0.1) is 41.5 Å². The molecule has 0 atom stereocenters. The first-order valence-corrected chi connectivity index (χ1v) is 24.9. The molecule has 3 aromatic heterocycles. The maximum absolute atomic E-state index is 15.1. The molecule has 0 spiro atoms. The van der Waals surface area contributed by atoms with Crippen LogP contribution in [0.5, 0.6) is 0 Å². The summed E-state index contributed by atoms with van der Waals surface area (Å²) in [6.45, 7) is 12.4. The topological polar surface area (TPSA) is 48.5 Å². The number of hydrogen-bond donors (Lipinski definition) is 0. The van der Waals surface area contributed by atoms with Crippen molar-refractivity contribution in [2.75, 3.05) is 0 Å². The number of para-hydroxylation sites is 2. The minimum absolute atomic E-state index is 0.00900. The molecule has 9 aromatic carbocycles. The Labute approximate surface area is 434 Å². The van der Waals surface area contributed by atoms with E-state index < -0.39 is 23.5 Å². The van der Waals surface area contributed by atoms with Gasteiger partial charge in [0.15, 0.2) is 17.5 Å². The minimum Gasteiger partial charge on any atom is -0.308 e. The Bertz CT molecular complexity index is 4030. The SMILES string of the molecule is Cc1cc(C)c(-c2ccc3c4ccccc4n(-c4ccc(C(F)(F)F)cc4-c4nc(-c5ccccc5)nc(-c5cc(C(F)(F)F)ccc5-n5c6ccccc6c6ccc(-c7c(C)cc(C)cc7C)cc65)n4)c3c2)c(C)c1. The normalized spacial score (nSPS) is 12.2. The van der Waals surface area contributed by atoms with E-state index in [0.29, 0.717) is 28.0 Å². The minimum atomic E-state index is -4.79. The Kier molecular flexibility index (Phi) is 11.4. The quantitative estimate of drug-likeness (QED) is 0.150. The average Bonchev–Trinajstić information content (AvgIpc) is 3.92. The van der Waals surface area contributed by atoms with E-state index >= 15 is 26.3 Å². The van der Waals surface area contributed by atoms with Crippen LogP contribution in [0.15, 0.2) is 176 Å².